The summed E-state index contributed by atoms with van der Waals surface area (Å²) in [6.45, 7) is -0.0950. The van der Waals surface area contributed by atoms with Crippen LogP contribution in [-0.2, 0) is 6.54 Å². The number of ether oxygens (including phenoxy) is 1. The third-order valence-electron chi connectivity index (χ3n) is 2.01. The summed E-state index contributed by atoms with van der Waals surface area (Å²) in [5, 5.41) is 3.22. The van der Waals surface area contributed by atoms with Crippen molar-refractivity contribution in [3.8, 4) is 6.08 Å². The van der Waals surface area contributed by atoms with Gasteiger partial charge in [-0.2, -0.15) is 4.98 Å². The summed E-state index contributed by atoms with van der Waals surface area (Å²) in [4.78, 5) is 3.90. The molecule has 1 aromatic heterocycles. The quantitative estimate of drug-likeness (QED) is 0.787. The van der Waals surface area contributed by atoms with Gasteiger partial charge in [-0.15, -0.1) is 0 Å². The Hall–Kier alpha value is -1.17. The van der Waals surface area contributed by atoms with Gasteiger partial charge in [-0.1, -0.05) is 0 Å². The van der Waals surface area contributed by atoms with Crippen molar-refractivity contribution < 1.29 is 17.9 Å². The van der Waals surface area contributed by atoms with E-state index in [-0.39, 0.29) is 6.08 Å². The van der Waals surface area contributed by atoms with Gasteiger partial charge in [-0.3, -0.25) is 0 Å². The third-order valence-corrected chi connectivity index (χ3v) is 2.01. The maximum absolute atomic E-state index is 11.8. The summed E-state index contributed by atoms with van der Waals surface area (Å²) in [6, 6.07) is 0.576. The molecule has 0 aliphatic heterocycles. The standard InChI is InChI=1S/C9H12F2N2O2/c10-8(11)5-15-9-13-7(4-14-9)3-12-6-1-2-6/h4,6,8,12H,1-3,5H2. The van der Waals surface area contributed by atoms with Crippen LogP contribution in [0.1, 0.15) is 18.5 Å². The van der Waals surface area contributed by atoms with Crippen LogP contribution in [0, 0.1) is 0 Å². The zero-order chi connectivity index (χ0) is 10.7. The molecule has 2 rings (SSSR count). The highest BCUT2D eigenvalue weighted by molar-refractivity contribution is 5.00. The Bertz CT molecular complexity index is 292. The summed E-state index contributed by atoms with van der Waals surface area (Å²) in [7, 11) is 0. The van der Waals surface area contributed by atoms with Crippen LogP contribution in [-0.4, -0.2) is 24.1 Å². The van der Waals surface area contributed by atoms with E-state index in [1.165, 1.54) is 19.1 Å². The van der Waals surface area contributed by atoms with Gasteiger partial charge in [0.25, 0.3) is 6.43 Å². The van der Waals surface area contributed by atoms with Gasteiger partial charge in [0.1, 0.15) is 6.26 Å². The minimum atomic E-state index is -2.51. The number of hydrogen-bond acceptors (Lipinski definition) is 4. The van der Waals surface area contributed by atoms with Crippen LogP contribution in [0.25, 0.3) is 0 Å². The highest BCUT2D eigenvalue weighted by atomic mass is 19.3. The molecule has 0 atom stereocenters. The molecule has 6 heteroatoms. The second-order valence-electron chi connectivity index (χ2n) is 3.46. The van der Waals surface area contributed by atoms with E-state index in [2.05, 4.69) is 15.0 Å². The van der Waals surface area contributed by atoms with Crippen molar-refractivity contribution in [3.63, 3.8) is 0 Å². The average molecular weight is 218 g/mol. The number of alkyl halides is 2. The molecule has 1 aliphatic rings. The molecule has 0 radical (unpaired) electrons. The maximum Gasteiger partial charge on any atom is 0.393 e. The summed E-state index contributed by atoms with van der Waals surface area (Å²) in [5.41, 5.74) is 0.672. The molecule has 4 nitrogen and oxygen atoms in total. The smallest absolute Gasteiger partial charge is 0.393 e. The molecule has 0 bridgehead atoms. The van der Waals surface area contributed by atoms with Crippen LogP contribution >= 0.6 is 0 Å². The van der Waals surface area contributed by atoms with Crippen molar-refractivity contribution in [3.05, 3.63) is 12.0 Å². The van der Waals surface area contributed by atoms with Gasteiger partial charge in [0.15, 0.2) is 6.61 Å². The molecule has 0 saturated heterocycles. The molecule has 1 N–H and O–H groups in total. The zero-order valence-corrected chi connectivity index (χ0v) is 8.08. The minimum Gasteiger partial charge on any atom is -0.444 e. The van der Waals surface area contributed by atoms with E-state index >= 15 is 0 Å². The third kappa shape index (κ3) is 3.47. The van der Waals surface area contributed by atoms with E-state index in [0.717, 1.165) is 0 Å². The second kappa shape index (κ2) is 4.57. The summed E-state index contributed by atoms with van der Waals surface area (Å²) < 4.78 is 33.0. The van der Waals surface area contributed by atoms with Gasteiger partial charge in [-0.05, 0) is 12.8 Å². The molecular formula is C9H12F2N2O2. The topological polar surface area (TPSA) is 47.3 Å². The lowest BCUT2D eigenvalue weighted by Gasteiger charge is -1.98. The normalized spacial score (nSPS) is 15.9. The first-order valence-electron chi connectivity index (χ1n) is 4.83. The largest absolute Gasteiger partial charge is 0.444 e. The Labute approximate surface area is 85.6 Å². The van der Waals surface area contributed by atoms with Crippen molar-refractivity contribution in [2.45, 2.75) is 31.9 Å². The first-order valence-corrected chi connectivity index (χ1v) is 4.83. The number of oxazole rings is 1. The van der Waals surface area contributed by atoms with E-state index in [9.17, 15) is 8.78 Å². The number of rotatable bonds is 6. The minimum absolute atomic E-state index is 0.0945. The van der Waals surface area contributed by atoms with E-state index in [1.54, 1.807) is 0 Å². The highest BCUT2D eigenvalue weighted by Gasteiger charge is 2.20. The number of halogens is 2. The maximum atomic E-state index is 11.8. The van der Waals surface area contributed by atoms with Gasteiger partial charge in [-0.25, -0.2) is 8.78 Å². The van der Waals surface area contributed by atoms with Crippen molar-refractivity contribution in [1.29, 1.82) is 0 Å². The van der Waals surface area contributed by atoms with Gasteiger partial charge >= 0.3 is 6.08 Å². The van der Waals surface area contributed by atoms with Crippen LogP contribution in [0.3, 0.4) is 0 Å². The predicted molar refractivity (Wildman–Crippen MR) is 47.9 cm³/mol. The average Bonchev–Trinajstić information content (AvgIpc) is 2.92. The van der Waals surface area contributed by atoms with Gasteiger partial charge < -0.3 is 14.5 Å². The van der Waals surface area contributed by atoms with E-state index in [0.29, 0.717) is 18.3 Å². The molecule has 1 heterocycles. The van der Waals surface area contributed by atoms with E-state index < -0.39 is 13.0 Å². The predicted octanol–water partition coefficient (Wildman–Crippen LogP) is 1.57. The lowest BCUT2D eigenvalue weighted by Crippen LogP contribution is -2.15. The molecule has 0 aromatic carbocycles. The Morgan fingerprint density at radius 1 is 1.60 bits per heavy atom. The number of nitrogens with zero attached hydrogens (tertiary/aromatic N) is 1. The monoisotopic (exact) mass is 218 g/mol. The van der Waals surface area contributed by atoms with Crippen LogP contribution in [0.15, 0.2) is 10.7 Å². The van der Waals surface area contributed by atoms with E-state index in [4.69, 9.17) is 4.42 Å². The Morgan fingerprint density at radius 2 is 2.40 bits per heavy atom. The van der Waals surface area contributed by atoms with Crippen molar-refractivity contribution in [1.82, 2.24) is 10.3 Å². The SMILES string of the molecule is FC(F)COc1nc(CNC2CC2)co1. The molecule has 1 aromatic rings. The number of aromatic nitrogens is 1. The first-order chi connectivity index (χ1) is 7.24. The lowest BCUT2D eigenvalue weighted by atomic mass is 10.5. The van der Waals surface area contributed by atoms with E-state index in [1.807, 2.05) is 0 Å². The molecule has 1 saturated carbocycles. The summed E-state index contributed by atoms with van der Waals surface area (Å²) in [5.74, 6) is 0. The fraction of sp³-hybridized carbons (Fsp3) is 0.667. The van der Waals surface area contributed by atoms with Gasteiger partial charge in [0.05, 0.1) is 5.69 Å². The van der Waals surface area contributed by atoms with Crippen molar-refractivity contribution in [2.75, 3.05) is 6.61 Å². The molecule has 1 fully saturated rings. The Balaban J connectivity index is 1.75. The summed E-state index contributed by atoms with van der Waals surface area (Å²) >= 11 is 0. The first kappa shape index (κ1) is 10.4. The summed E-state index contributed by atoms with van der Waals surface area (Å²) in [6.07, 6.45) is 1.18. The fourth-order valence-electron chi connectivity index (χ4n) is 1.11. The van der Waals surface area contributed by atoms with Crippen molar-refractivity contribution in [2.24, 2.45) is 0 Å². The van der Waals surface area contributed by atoms with Gasteiger partial charge in [0.2, 0.25) is 0 Å². The molecule has 84 valence electrons. The van der Waals surface area contributed by atoms with Crippen LogP contribution < -0.4 is 10.1 Å². The fourth-order valence-corrected chi connectivity index (χ4v) is 1.11. The van der Waals surface area contributed by atoms with Crippen LogP contribution in [0.5, 0.6) is 6.08 Å². The number of nitrogens with one attached hydrogen (secondary N) is 1. The Morgan fingerprint density at radius 3 is 3.07 bits per heavy atom. The van der Waals surface area contributed by atoms with Crippen LogP contribution in [0.4, 0.5) is 8.78 Å². The zero-order valence-electron chi connectivity index (χ0n) is 8.08. The molecular weight excluding hydrogens is 206 g/mol. The van der Waals surface area contributed by atoms with Gasteiger partial charge in [0, 0.05) is 12.6 Å². The lowest BCUT2D eigenvalue weighted by molar-refractivity contribution is 0.0658. The molecule has 15 heavy (non-hydrogen) atoms. The molecule has 0 spiro atoms. The molecule has 1 aliphatic carbocycles. The molecule has 0 unspecified atom stereocenters. The second-order valence-corrected chi connectivity index (χ2v) is 3.46. The molecule has 0 amide bonds. The number of hydrogen-bond donors (Lipinski definition) is 1. The Kier molecular flexibility index (Phi) is 3.15. The van der Waals surface area contributed by atoms with Crippen LogP contribution in [0.2, 0.25) is 0 Å². The van der Waals surface area contributed by atoms with Crippen molar-refractivity contribution >= 4 is 0 Å². The highest BCUT2D eigenvalue weighted by Crippen LogP contribution is 2.19.